The number of rotatable bonds is 5. The van der Waals surface area contributed by atoms with Crippen molar-refractivity contribution in [2.24, 2.45) is 0 Å². The van der Waals surface area contributed by atoms with E-state index in [4.69, 9.17) is 0 Å². The summed E-state index contributed by atoms with van der Waals surface area (Å²) in [5, 5.41) is 7.35. The molecule has 1 aliphatic rings. The molecule has 1 atom stereocenters. The third kappa shape index (κ3) is 5.10. The summed E-state index contributed by atoms with van der Waals surface area (Å²) < 4.78 is 0. The van der Waals surface area contributed by atoms with Gasteiger partial charge >= 0.3 is 6.03 Å². The zero-order valence-electron chi connectivity index (χ0n) is 13.3. The van der Waals surface area contributed by atoms with Crippen LogP contribution >= 0.6 is 11.3 Å². The van der Waals surface area contributed by atoms with Crippen molar-refractivity contribution < 1.29 is 9.59 Å². The van der Waals surface area contributed by atoms with Crippen LogP contribution in [0.3, 0.4) is 0 Å². The van der Waals surface area contributed by atoms with Gasteiger partial charge in [-0.25, -0.2) is 4.79 Å². The maximum Gasteiger partial charge on any atom is 0.321 e. The normalized spacial score (nSPS) is 17.2. The highest BCUT2D eigenvalue weighted by Gasteiger charge is 2.19. The minimum absolute atomic E-state index is 0.159. The van der Waals surface area contributed by atoms with E-state index in [-0.39, 0.29) is 30.6 Å². The van der Waals surface area contributed by atoms with Crippen LogP contribution in [0.15, 0.2) is 17.5 Å². The van der Waals surface area contributed by atoms with Gasteiger partial charge in [-0.05, 0) is 38.3 Å². The zero-order chi connectivity index (χ0) is 15.9. The number of nitrogens with one attached hydrogen (secondary N) is 2. The molecule has 1 fully saturated rings. The SMILES string of the molecule is C[C@H](c1cccs1)N(C)CC(=O)NC(=O)NC1CCCCC1. The van der Waals surface area contributed by atoms with E-state index in [9.17, 15) is 9.59 Å². The summed E-state index contributed by atoms with van der Waals surface area (Å²) in [4.78, 5) is 27.0. The number of imide groups is 1. The number of carbonyl (C=O) groups is 2. The predicted molar refractivity (Wildman–Crippen MR) is 88.9 cm³/mol. The average Bonchev–Trinajstić information content (AvgIpc) is 3.01. The molecule has 0 radical (unpaired) electrons. The summed E-state index contributed by atoms with van der Waals surface area (Å²) in [7, 11) is 1.89. The Kier molecular flexibility index (Phi) is 6.39. The molecule has 1 saturated carbocycles. The van der Waals surface area contributed by atoms with E-state index in [1.54, 1.807) is 11.3 Å². The summed E-state index contributed by atoms with van der Waals surface area (Å²) in [6.07, 6.45) is 5.57. The van der Waals surface area contributed by atoms with Crippen LogP contribution in [0, 0.1) is 0 Å². The molecule has 22 heavy (non-hydrogen) atoms. The summed E-state index contributed by atoms with van der Waals surface area (Å²) in [5.41, 5.74) is 0. The summed E-state index contributed by atoms with van der Waals surface area (Å²) in [5.74, 6) is -0.265. The minimum Gasteiger partial charge on any atom is -0.335 e. The van der Waals surface area contributed by atoms with E-state index >= 15 is 0 Å². The molecule has 0 unspecified atom stereocenters. The number of urea groups is 1. The molecule has 1 aromatic heterocycles. The number of amides is 3. The molecule has 0 aromatic carbocycles. The van der Waals surface area contributed by atoms with E-state index in [2.05, 4.69) is 23.6 Å². The largest absolute Gasteiger partial charge is 0.335 e. The Hall–Kier alpha value is -1.40. The highest BCUT2D eigenvalue weighted by atomic mass is 32.1. The predicted octanol–water partition coefficient (Wildman–Crippen LogP) is 2.90. The van der Waals surface area contributed by atoms with E-state index in [1.165, 1.54) is 11.3 Å². The Balaban J connectivity index is 1.73. The van der Waals surface area contributed by atoms with Crippen LogP contribution in [0.25, 0.3) is 0 Å². The number of hydrogen-bond donors (Lipinski definition) is 2. The molecule has 0 saturated heterocycles. The average molecular weight is 323 g/mol. The number of hydrogen-bond acceptors (Lipinski definition) is 4. The second kappa shape index (κ2) is 8.29. The number of thiophene rings is 1. The van der Waals surface area contributed by atoms with E-state index < -0.39 is 0 Å². The van der Waals surface area contributed by atoms with Crippen LogP contribution in [0.2, 0.25) is 0 Å². The molecule has 1 aromatic rings. The quantitative estimate of drug-likeness (QED) is 0.876. The van der Waals surface area contributed by atoms with Crippen LogP contribution in [0.4, 0.5) is 4.79 Å². The molecule has 3 amide bonds. The van der Waals surface area contributed by atoms with Crippen molar-refractivity contribution in [3.05, 3.63) is 22.4 Å². The van der Waals surface area contributed by atoms with Gasteiger partial charge in [-0.15, -0.1) is 11.3 Å². The maximum absolute atomic E-state index is 12.0. The van der Waals surface area contributed by atoms with Gasteiger partial charge in [-0.2, -0.15) is 0 Å². The molecule has 0 aliphatic heterocycles. The number of carbonyl (C=O) groups excluding carboxylic acids is 2. The first kappa shape index (κ1) is 17.0. The van der Waals surface area contributed by atoms with Crippen molar-refractivity contribution in [3.8, 4) is 0 Å². The highest BCUT2D eigenvalue weighted by molar-refractivity contribution is 7.10. The molecule has 6 heteroatoms. The fourth-order valence-electron chi connectivity index (χ4n) is 2.74. The fraction of sp³-hybridized carbons (Fsp3) is 0.625. The molecule has 0 spiro atoms. The van der Waals surface area contributed by atoms with Crippen molar-refractivity contribution in [2.75, 3.05) is 13.6 Å². The van der Waals surface area contributed by atoms with Crippen molar-refractivity contribution >= 4 is 23.3 Å². The van der Waals surface area contributed by atoms with Crippen molar-refractivity contribution in [1.29, 1.82) is 0 Å². The topological polar surface area (TPSA) is 61.4 Å². The Labute approximate surface area is 136 Å². The first-order chi connectivity index (χ1) is 10.6. The van der Waals surface area contributed by atoms with Crippen LogP contribution in [-0.2, 0) is 4.79 Å². The Morgan fingerprint density at radius 2 is 2.09 bits per heavy atom. The lowest BCUT2D eigenvalue weighted by Gasteiger charge is -2.24. The fourth-order valence-corrected chi connectivity index (χ4v) is 3.59. The van der Waals surface area contributed by atoms with Crippen LogP contribution in [0.1, 0.15) is 49.9 Å². The second-order valence-corrected chi connectivity index (χ2v) is 6.94. The monoisotopic (exact) mass is 323 g/mol. The van der Waals surface area contributed by atoms with Crippen LogP contribution in [-0.4, -0.2) is 36.5 Å². The zero-order valence-corrected chi connectivity index (χ0v) is 14.1. The van der Waals surface area contributed by atoms with Crippen LogP contribution in [0.5, 0.6) is 0 Å². The standard InChI is InChI=1S/C16H25N3O2S/c1-12(14-9-6-10-22-14)19(2)11-15(20)18-16(21)17-13-7-4-3-5-8-13/h6,9-10,12-13H,3-5,7-8,11H2,1-2H3,(H2,17,18,20,21)/t12-/m1/s1. The Bertz CT molecular complexity index is 484. The van der Waals surface area contributed by atoms with Crippen LogP contribution < -0.4 is 10.6 Å². The lowest BCUT2D eigenvalue weighted by Crippen LogP contribution is -2.47. The van der Waals surface area contributed by atoms with Gasteiger partial charge < -0.3 is 5.32 Å². The van der Waals surface area contributed by atoms with E-state index in [0.717, 1.165) is 25.7 Å². The molecule has 1 aliphatic carbocycles. The smallest absolute Gasteiger partial charge is 0.321 e. The number of nitrogens with zero attached hydrogens (tertiary/aromatic N) is 1. The summed E-state index contributed by atoms with van der Waals surface area (Å²) in [6, 6.07) is 4.06. The van der Waals surface area contributed by atoms with Gasteiger partial charge in [0.25, 0.3) is 0 Å². The number of likely N-dealkylation sites (N-methyl/N-ethyl adjacent to an activating group) is 1. The van der Waals surface area contributed by atoms with Crippen molar-refractivity contribution in [2.45, 2.75) is 51.1 Å². The van der Waals surface area contributed by atoms with Gasteiger partial charge in [0.05, 0.1) is 6.54 Å². The van der Waals surface area contributed by atoms with Gasteiger partial charge in [-0.1, -0.05) is 25.3 Å². The summed E-state index contributed by atoms with van der Waals surface area (Å²) in [6.45, 7) is 2.26. The Morgan fingerprint density at radius 1 is 1.36 bits per heavy atom. The van der Waals surface area contributed by atoms with Gasteiger partial charge in [0, 0.05) is 17.0 Å². The van der Waals surface area contributed by atoms with Gasteiger partial charge in [0.1, 0.15) is 0 Å². The lowest BCUT2D eigenvalue weighted by molar-refractivity contribution is -0.121. The third-order valence-corrected chi connectivity index (χ3v) is 5.25. The molecule has 122 valence electrons. The maximum atomic E-state index is 12.0. The van der Waals surface area contributed by atoms with Crippen molar-refractivity contribution in [3.63, 3.8) is 0 Å². The molecule has 2 rings (SSSR count). The molecule has 0 bridgehead atoms. The van der Waals surface area contributed by atoms with E-state index in [1.807, 2.05) is 23.4 Å². The molecular formula is C16H25N3O2S. The van der Waals surface area contributed by atoms with E-state index in [0.29, 0.717) is 0 Å². The summed E-state index contributed by atoms with van der Waals surface area (Å²) >= 11 is 1.67. The first-order valence-corrected chi connectivity index (χ1v) is 8.78. The van der Waals surface area contributed by atoms with Gasteiger partial charge in [0.15, 0.2) is 0 Å². The third-order valence-electron chi connectivity index (χ3n) is 4.20. The van der Waals surface area contributed by atoms with Gasteiger partial charge in [0.2, 0.25) is 5.91 Å². The molecule has 2 N–H and O–H groups in total. The highest BCUT2D eigenvalue weighted by Crippen LogP contribution is 2.22. The minimum atomic E-state index is -0.367. The second-order valence-electron chi connectivity index (χ2n) is 5.96. The van der Waals surface area contributed by atoms with Gasteiger partial charge in [-0.3, -0.25) is 15.0 Å². The lowest BCUT2D eigenvalue weighted by atomic mass is 9.96. The molecule has 5 nitrogen and oxygen atoms in total. The Morgan fingerprint density at radius 3 is 2.73 bits per heavy atom. The molecular weight excluding hydrogens is 298 g/mol. The van der Waals surface area contributed by atoms with Crippen molar-refractivity contribution in [1.82, 2.24) is 15.5 Å². The first-order valence-electron chi connectivity index (χ1n) is 7.90. The molecule has 1 heterocycles.